The van der Waals surface area contributed by atoms with Gasteiger partial charge in [-0.25, -0.2) is 0 Å². The van der Waals surface area contributed by atoms with Gasteiger partial charge in [0.1, 0.15) is 5.76 Å². The Hall–Kier alpha value is -2.93. The number of aromatic nitrogens is 1. The summed E-state index contributed by atoms with van der Waals surface area (Å²) in [5, 5.41) is 10.6. The minimum absolute atomic E-state index is 0.0418. The summed E-state index contributed by atoms with van der Waals surface area (Å²) in [6.45, 7) is 9.05. The summed E-state index contributed by atoms with van der Waals surface area (Å²) in [5.74, 6) is -0.836. The van der Waals surface area contributed by atoms with Crippen LogP contribution in [0.4, 0.5) is 0 Å². The molecule has 3 rings (SSSR count). The maximum atomic E-state index is 13.1. The molecule has 1 N–H and O–H groups in total. The van der Waals surface area contributed by atoms with Gasteiger partial charge < -0.3 is 19.3 Å². The van der Waals surface area contributed by atoms with Gasteiger partial charge >= 0.3 is 0 Å². The summed E-state index contributed by atoms with van der Waals surface area (Å²) in [6.07, 6.45) is 3.99. The van der Waals surface area contributed by atoms with Gasteiger partial charge in [0.25, 0.3) is 5.91 Å². The second-order valence-corrected chi connectivity index (χ2v) is 7.07. The summed E-state index contributed by atoms with van der Waals surface area (Å²) < 4.78 is 5.46. The molecule has 1 atom stereocenters. The van der Waals surface area contributed by atoms with Crippen LogP contribution in [-0.2, 0) is 4.79 Å². The van der Waals surface area contributed by atoms with Crippen molar-refractivity contribution in [3.63, 3.8) is 0 Å². The molecule has 0 spiro atoms. The number of ketones is 1. The van der Waals surface area contributed by atoms with Crippen LogP contribution in [-0.4, -0.2) is 57.8 Å². The number of carbonyl (C=O) groups excluding carboxylic acids is 2. The number of hydrogen-bond acceptors (Lipinski definition) is 6. The first-order chi connectivity index (χ1) is 14.0. The van der Waals surface area contributed by atoms with Crippen molar-refractivity contribution in [2.45, 2.75) is 33.2 Å². The molecule has 0 radical (unpaired) electrons. The minimum Gasteiger partial charge on any atom is -0.503 e. The number of aliphatic hydroxyl groups excluding tert-OH is 1. The number of aliphatic hydroxyl groups is 1. The van der Waals surface area contributed by atoms with Crippen LogP contribution in [0, 0.1) is 6.92 Å². The van der Waals surface area contributed by atoms with Gasteiger partial charge in [-0.1, -0.05) is 19.9 Å². The van der Waals surface area contributed by atoms with Crippen molar-refractivity contribution in [1.29, 1.82) is 0 Å². The number of aryl methyl sites for hydroxylation is 1. The molecule has 1 aliphatic rings. The maximum absolute atomic E-state index is 13.1. The Morgan fingerprint density at radius 3 is 2.62 bits per heavy atom. The molecule has 154 valence electrons. The number of hydrogen-bond donors (Lipinski definition) is 1. The monoisotopic (exact) mass is 397 g/mol. The second kappa shape index (κ2) is 9.05. The van der Waals surface area contributed by atoms with Gasteiger partial charge in [-0.2, -0.15) is 0 Å². The fourth-order valence-electron chi connectivity index (χ4n) is 3.69. The van der Waals surface area contributed by atoms with Crippen molar-refractivity contribution in [2.75, 3.05) is 26.2 Å². The summed E-state index contributed by atoms with van der Waals surface area (Å²) in [4.78, 5) is 33.9. The van der Waals surface area contributed by atoms with Gasteiger partial charge in [0.2, 0.25) is 5.78 Å². The lowest BCUT2D eigenvalue weighted by molar-refractivity contribution is -0.129. The van der Waals surface area contributed by atoms with E-state index in [9.17, 15) is 14.7 Å². The normalized spacial score (nSPS) is 16.9. The summed E-state index contributed by atoms with van der Waals surface area (Å²) >= 11 is 0. The van der Waals surface area contributed by atoms with Crippen molar-refractivity contribution in [2.24, 2.45) is 0 Å². The average molecular weight is 397 g/mol. The number of rotatable bonds is 9. The summed E-state index contributed by atoms with van der Waals surface area (Å²) in [6, 6.07) is 6.11. The van der Waals surface area contributed by atoms with Gasteiger partial charge in [0.05, 0.1) is 11.6 Å². The number of pyridine rings is 1. The highest BCUT2D eigenvalue weighted by atomic mass is 16.3. The largest absolute Gasteiger partial charge is 0.503 e. The van der Waals surface area contributed by atoms with Gasteiger partial charge in [-0.3, -0.25) is 14.6 Å². The molecule has 0 aromatic carbocycles. The highest BCUT2D eigenvalue weighted by Crippen LogP contribution is 2.38. The Balaban J connectivity index is 1.91. The van der Waals surface area contributed by atoms with Gasteiger partial charge in [0, 0.05) is 18.9 Å². The van der Waals surface area contributed by atoms with E-state index >= 15 is 0 Å². The van der Waals surface area contributed by atoms with E-state index in [4.69, 9.17) is 4.42 Å². The molecule has 0 saturated heterocycles. The lowest BCUT2D eigenvalue weighted by atomic mass is 9.96. The van der Waals surface area contributed by atoms with Crippen molar-refractivity contribution in [3.05, 3.63) is 65.1 Å². The lowest BCUT2D eigenvalue weighted by Gasteiger charge is -2.27. The molecule has 1 amide bonds. The zero-order chi connectivity index (χ0) is 21.0. The van der Waals surface area contributed by atoms with E-state index < -0.39 is 23.5 Å². The number of nitrogens with zero attached hydrogens (tertiary/aromatic N) is 3. The van der Waals surface area contributed by atoms with E-state index in [0.717, 1.165) is 26.1 Å². The van der Waals surface area contributed by atoms with Crippen molar-refractivity contribution >= 4 is 11.7 Å². The van der Waals surface area contributed by atoms with E-state index in [1.54, 1.807) is 42.4 Å². The first kappa shape index (κ1) is 20.8. The maximum Gasteiger partial charge on any atom is 0.290 e. The van der Waals surface area contributed by atoms with E-state index in [1.807, 2.05) is 6.07 Å². The fourth-order valence-corrected chi connectivity index (χ4v) is 3.69. The van der Waals surface area contributed by atoms with Crippen LogP contribution in [0.2, 0.25) is 0 Å². The fraction of sp³-hybridized carbons (Fsp3) is 0.409. The Kier molecular flexibility index (Phi) is 6.49. The van der Waals surface area contributed by atoms with E-state index in [-0.39, 0.29) is 11.3 Å². The molecule has 0 unspecified atom stereocenters. The highest BCUT2D eigenvalue weighted by molar-refractivity contribution is 6.15. The van der Waals surface area contributed by atoms with Gasteiger partial charge in [-0.15, -0.1) is 0 Å². The van der Waals surface area contributed by atoms with Crippen LogP contribution in [0.1, 0.15) is 48.2 Å². The number of amides is 1. The average Bonchev–Trinajstić information content (AvgIpc) is 3.28. The summed E-state index contributed by atoms with van der Waals surface area (Å²) in [5.41, 5.74) is 0.722. The third-order valence-electron chi connectivity index (χ3n) is 5.28. The van der Waals surface area contributed by atoms with Gasteiger partial charge in [0.15, 0.2) is 11.5 Å². The predicted molar refractivity (Wildman–Crippen MR) is 109 cm³/mol. The van der Waals surface area contributed by atoms with Gasteiger partial charge in [-0.05, 0) is 56.7 Å². The molecule has 2 aromatic heterocycles. The molecule has 2 aromatic rings. The molecular formula is C22H27N3O4. The van der Waals surface area contributed by atoms with Crippen LogP contribution in [0.25, 0.3) is 0 Å². The standard InChI is InChI=1S/C22H27N3O4/c1-4-24(5-2)12-7-13-25-19(16-8-6-11-23-14-16)18(21(27)22(25)28)20(26)17-10-9-15(3)29-17/h6,8-11,14,19,27H,4-5,7,12-13H2,1-3H3/t19-/m1/s1. The molecule has 7 nitrogen and oxygen atoms in total. The van der Waals surface area contributed by atoms with Crippen LogP contribution in [0.15, 0.2) is 52.4 Å². The Morgan fingerprint density at radius 1 is 1.28 bits per heavy atom. The van der Waals surface area contributed by atoms with E-state index in [0.29, 0.717) is 17.9 Å². The Morgan fingerprint density at radius 2 is 2.03 bits per heavy atom. The van der Waals surface area contributed by atoms with E-state index in [2.05, 4.69) is 23.7 Å². The molecule has 0 fully saturated rings. The van der Waals surface area contributed by atoms with Crippen LogP contribution >= 0.6 is 0 Å². The highest BCUT2D eigenvalue weighted by Gasteiger charge is 2.44. The van der Waals surface area contributed by atoms with E-state index in [1.165, 1.54) is 0 Å². The summed E-state index contributed by atoms with van der Waals surface area (Å²) in [7, 11) is 0. The molecule has 3 heterocycles. The third kappa shape index (κ3) is 4.24. The number of Topliss-reactive ketones (excluding diaryl/α,β-unsaturated/α-hetero) is 1. The molecular weight excluding hydrogens is 370 g/mol. The second-order valence-electron chi connectivity index (χ2n) is 7.07. The van der Waals surface area contributed by atoms with Crippen LogP contribution in [0.3, 0.4) is 0 Å². The quantitative estimate of drug-likeness (QED) is 0.654. The molecule has 1 aliphatic heterocycles. The van der Waals surface area contributed by atoms with Crippen molar-refractivity contribution in [1.82, 2.24) is 14.8 Å². The smallest absolute Gasteiger partial charge is 0.290 e. The zero-order valence-electron chi connectivity index (χ0n) is 17.1. The SMILES string of the molecule is CCN(CC)CCCN1C(=O)C(O)=C(C(=O)c2ccc(C)o2)[C@H]1c1cccnc1. The molecule has 0 aliphatic carbocycles. The first-order valence-electron chi connectivity index (χ1n) is 9.95. The number of furan rings is 1. The molecule has 0 bridgehead atoms. The number of carbonyl (C=O) groups is 2. The van der Waals surface area contributed by atoms with Crippen molar-refractivity contribution in [3.8, 4) is 0 Å². The Labute approximate surface area is 170 Å². The van der Waals surface area contributed by atoms with Crippen molar-refractivity contribution < 1.29 is 19.1 Å². The molecule has 29 heavy (non-hydrogen) atoms. The molecule has 0 saturated carbocycles. The molecule has 7 heteroatoms. The van der Waals surface area contributed by atoms with Crippen LogP contribution in [0.5, 0.6) is 0 Å². The lowest BCUT2D eigenvalue weighted by Crippen LogP contribution is -2.34. The Bertz CT molecular complexity index is 900. The zero-order valence-corrected chi connectivity index (χ0v) is 17.1. The first-order valence-corrected chi connectivity index (χ1v) is 9.95. The van der Waals surface area contributed by atoms with Crippen LogP contribution < -0.4 is 0 Å². The minimum atomic E-state index is -0.689. The predicted octanol–water partition coefficient (Wildman–Crippen LogP) is 3.29. The third-order valence-corrected chi connectivity index (χ3v) is 5.28. The topological polar surface area (TPSA) is 86.9 Å².